The van der Waals surface area contributed by atoms with Crippen LogP contribution >= 0.6 is 0 Å². The minimum atomic E-state index is -3.96. The van der Waals surface area contributed by atoms with E-state index in [2.05, 4.69) is 0 Å². The number of carbonyl (C=O) groups is 2. The number of carbonyl (C=O) groups excluding carboxylic acids is 2. The fraction of sp³-hybridized carbons (Fsp3) is 0.333. The van der Waals surface area contributed by atoms with Crippen LogP contribution in [-0.4, -0.2) is 43.0 Å². The number of nitrogens with two attached hydrogens (primary N) is 1. The number of anilines is 1. The van der Waals surface area contributed by atoms with E-state index >= 15 is 0 Å². The van der Waals surface area contributed by atoms with Gasteiger partial charge in [-0.2, -0.15) is 0 Å². The van der Waals surface area contributed by atoms with Crippen molar-refractivity contribution < 1.29 is 27.1 Å². The van der Waals surface area contributed by atoms with Gasteiger partial charge in [-0.25, -0.2) is 27.1 Å². The predicted octanol–water partition coefficient (Wildman–Crippen LogP) is -0.374. The Morgan fingerprint density at radius 3 is 2.48 bits per heavy atom. The number of halogens is 1. The molecule has 0 aliphatic heterocycles. The van der Waals surface area contributed by atoms with Crippen molar-refractivity contribution >= 4 is 27.6 Å². The lowest BCUT2D eigenvalue weighted by molar-refractivity contribution is 0.0469. The lowest BCUT2D eigenvalue weighted by Crippen LogP contribution is -2.43. The molecule has 0 spiro atoms. The van der Waals surface area contributed by atoms with Crippen LogP contribution in [0.15, 0.2) is 32.7 Å². The Bertz CT molecular complexity index is 1260. The number of sulfonamides is 1. The van der Waals surface area contributed by atoms with Crippen LogP contribution < -0.4 is 21.7 Å². The molecule has 11 nitrogen and oxygen atoms in total. The molecule has 0 amide bonds. The number of hydrogen-bond acceptors (Lipinski definition) is 8. The monoisotopic (exact) mass is 456 g/mol. The molecule has 13 heteroatoms. The number of hydrogen-bond donors (Lipinski definition) is 2. The molecule has 1 aromatic heterocycles. The van der Waals surface area contributed by atoms with E-state index in [1.807, 2.05) is 4.72 Å². The van der Waals surface area contributed by atoms with Crippen LogP contribution in [0.5, 0.6) is 0 Å². The Kier molecular flexibility index (Phi) is 7.13. The second-order valence-corrected chi connectivity index (χ2v) is 8.29. The van der Waals surface area contributed by atoms with Gasteiger partial charge in [-0.1, -0.05) is 6.92 Å². The van der Waals surface area contributed by atoms with Gasteiger partial charge in [0.2, 0.25) is 15.8 Å². The van der Waals surface area contributed by atoms with Gasteiger partial charge in [0.1, 0.15) is 17.2 Å². The second-order valence-electron chi connectivity index (χ2n) is 6.41. The number of nitrogens with zero attached hydrogens (tertiary/aromatic N) is 2. The van der Waals surface area contributed by atoms with Crippen molar-refractivity contribution in [1.82, 2.24) is 13.9 Å². The molecule has 1 heterocycles. The summed E-state index contributed by atoms with van der Waals surface area (Å²) in [4.78, 5) is 48.8. The molecule has 2 aromatic rings. The minimum absolute atomic E-state index is 0.150. The number of ether oxygens (including phenoxy) is 1. The van der Waals surface area contributed by atoms with Gasteiger partial charge in [0.15, 0.2) is 6.61 Å². The van der Waals surface area contributed by atoms with Gasteiger partial charge in [0.25, 0.3) is 5.56 Å². The summed E-state index contributed by atoms with van der Waals surface area (Å²) in [5, 5.41) is 0. The third kappa shape index (κ3) is 4.72. The topological polar surface area (TPSA) is 160 Å². The number of aromatic nitrogens is 2. The summed E-state index contributed by atoms with van der Waals surface area (Å²) in [5.41, 5.74) is 2.88. The summed E-state index contributed by atoms with van der Waals surface area (Å²) in [7, 11) is -1.65. The molecule has 0 unspecified atom stereocenters. The van der Waals surface area contributed by atoms with Crippen LogP contribution in [0.4, 0.5) is 10.2 Å². The Balaban J connectivity index is 2.34. The van der Waals surface area contributed by atoms with E-state index in [1.165, 1.54) is 7.05 Å². The van der Waals surface area contributed by atoms with Crippen molar-refractivity contribution in [2.24, 2.45) is 7.05 Å². The molecule has 0 atom stereocenters. The van der Waals surface area contributed by atoms with E-state index in [0.717, 1.165) is 29.8 Å². The molecule has 0 saturated carbocycles. The predicted molar refractivity (Wildman–Crippen MR) is 108 cm³/mol. The van der Waals surface area contributed by atoms with E-state index in [4.69, 9.17) is 10.5 Å². The first-order valence-corrected chi connectivity index (χ1v) is 10.5. The first-order valence-electron chi connectivity index (χ1n) is 8.99. The smallest absolute Gasteiger partial charge is 0.341 e. The number of nitrogens with one attached hydrogen (secondary N) is 1. The molecule has 2 rings (SSSR count). The number of esters is 1. The number of rotatable bonds is 8. The maximum absolute atomic E-state index is 14.0. The quantitative estimate of drug-likeness (QED) is 0.402. The van der Waals surface area contributed by atoms with Crippen LogP contribution in [0.3, 0.4) is 0 Å². The molecule has 0 saturated heterocycles. The molecular weight excluding hydrogens is 435 g/mol. The standard InChI is InChI=1S/C18H21FN4O7S/c1-4-7-23-15(20)14(16(25)22(3)18(23)27)13(24)9-30-17(26)11-8-10(5-6-12(11)19)31(28,29)21-2/h5-6,8,21H,4,7,9,20H2,1-3H3. The molecule has 0 aliphatic carbocycles. The lowest BCUT2D eigenvalue weighted by Gasteiger charge is -2.14. The van der Waals surface area contributed by atoms with Crippen LogP contribution in [-0.2, 0) is 28.4 Å². The molecule has 168 valence electrons. The minimum Gasteiger partial charge on any atom is -0.454 e. The van der Waals surface area contributed by atoms with Crippen molar-refractivity contribution in [2.75, 3.05) is 19.4 Å². The first kappa shape index (κ1) is 24.0. The normalized spacial score (nSPS) is 11.4. The molecule has 31 heavy (non-hydrogen) atoms. The van der Waals surface area contributed by atoms with Crippen LogP contribution in [0.25, 0.3) is 0 Å². The largest absolute Gasteiger partial charge is 0.454 e. The average molecular weight is 456 g/mol. The van der Waals surface area contributed by atoms with Crippen molar-refractivity contribution in [3.05, 3.63) is 56.0 Å². The van der Waals surface area contributed by atoms with Gasteiger partial charge in [-0.05, 0) is 31.7 Å². The highest BCUT2D eigenvalue weighted by Crippen LogP contribution is 2.16. The molecule has 0 bridgehead atoms. The fourth-order valence-electron chi connectivity index (χ4n) is 2.71. The number of nitrogen functional groups attached to an aromatic ring is 1. The lowest BCUT2D eigenvalue weighted by atomic mass is 10.2. The second kappa shape index (κ2) is 9.22. The van der Waals surface area contributed by atoms with Crippen molar-refractivity contribution in [3.8, 4) is 0 Å². The van der Waals surface area contributed by atoms with E-state index in [9.17, 15) is 32.0 Å². The fourth-order valence-corrected chi connectivity index (χ4v) is 3.47. The van der Waals surface area contributed by atoms with Gasteiger partial charge in [0.05, 0.1) is 10.5 Å². The summed E-state index contributed by atoms with van der Waals surface area (Å²) in [6.45, 7) is 0.930. The van der Waals surface area contributed by atoms with Gasteiger partial charge in [-0.15, -0.1) is 0 Å². The third-order valence-corrected chi connectivity index (χ3v) is 5.79. The highest BCUT2D eigenvalue weighted by molar-refractivity contribution is 7.89. The van der Waals surface area contributed by atoms with Gasteiger partial charge < -0.3 is 10.5 Å². The molecule has 1 aromatic carbocycles. The van der Waals surface area contributed by atoms with Gasteiger partial charge in [-0.3, -0.25) is 18.7 Å². The Labute approximate surface area is 176 Å². The van der Waals surface area contributed by atoms with Crippen molar-refractivity contribution in [2.45, 2.75) is 24.8 Å². The average Bonchev–Trinajstić information content (AvgIpc) is 2.73. The summed E-state index contributed by atoms with van der Waals surface area (Å²) in [6.07, 6.45) is 0.496. The van der Waals surface area contributed by atoms with E-state index < -0.39 is 56.6 Å². The highest BCUT2D eigenvalue weighted by atomic mass is 32.2. The zero-order chi connectivity index (χ0) is 23.5. The Hall–Kier alpha value is -3.32. The van der Waals surface area contributed by atoms with Crippen LogP contribution in [0.1, 0.15) is 34.1 Å². The molecule has 0 aliphatic rings. The first-order chi connectivity index (χ1) is 14.5. The summed E-state index contributed by atoms with van der Waals surface area (Å²) in [6, 6.07) is 2.46. The van der Waals surface area contributed by atoms with Crippen LogP contribution in [0.2, 0.25) is 0 Å². The molecule has 0 radical (unpaired) electrons. The van der Waals surface area contributed by atoms with E-state index in [0.29, 0.717) is 11.0 Å². The highest BCUT2D eigenvalue weighted by Gasteiger charge is 2.24. The van der Waals surface area contributed by atoms with Gasteiger partial charge in [0, 0.05) is 13.6 Å². The zero-order valence-electron chi connectivity index (χ0n) is 17.0. The van der Waals surface area contributed by atoms with Crippen molar-refractivity contribution in [1.29, 1.82) is 0 Å². The Morgan fingerprint density at radius 1 is 1.26 bits per heavy atom. The summed E-state index contributed by atoms with van der Waals surface area (Å²) < 4.78 is 46.2. The SMILES string of the molecule is CCCn1c(N)c(C(=O)COC(=O)c2cc(S(=O)(=O)NC)ccc2F)c(=O)n(C)c1=O. The van der Waals surface area contributed by atoms with Crippen molar-refractivity contribution in [3.63, 3.8) is 0 Å². The number of ketones is 1. The Morgan fingerprint density at radius 2 is 1.90 bits per heavy atom. The number of benzene rings is 1. The van der Waals surface area contributed by atoms with E-state index in [-0.39, 0.29) is 17.3 Å². The van der Waals surface area contributed by atoms with E-state index in [1.54, 1.807) is 6.92 Å². The summed E-state index contributed by atoms with van der Waals surface area (Å²) in [5.74, 6) is -3.77. The molecule has 3 N–H and O–H groups in total. The molecular formula is C18H21FN4O7S. The molecule has 0 fully saturated rings. The zero-order valence-corrected chi connectivity index (χ0v) is 17.8. The van der Waals surface area contributed by atoms with Crippen LogP contribution in [0, 0.1) is 5.82 Å². The maximum Gasteiger partial charge on any atom is 0.341 e. The maximum atomic E-state index is 14.0. The third-order valence-electron chi connectivity index (χ3n) is 4.38. The summed E-state index contributed by atoms with van der Waals surface area (Å²) >= 11 is 0. The number of Topliss-reactive ketones (excluding diaryl/α,β-unsaturated/α-hetero) is 1. The van der Waals surface area contributed by atoms with Gasteiger partial charge >= 0.3 is 11.7 Å².